The number of Topliss-reactive ketones (excluding diaryl/α,β-unsaturated/α-hetero) is 1. The number of benzene rings is 1. The predicted molar refractivity (Wildman–Crippen MR) is 59.9 cm³/mol. The lowest BCUT2D eigenvalue weighted by Gasteiger charge is -2.04. The van der Waals surface area contributed by atoms with Crippen LogP contribution < -0.4 is 5.32 Å². The standard InChI is InChI=1S/C10H10NO5S/c1-7(12)5-10(13)11-8-3-2-4-9(6-8)17(14,15)16/h2-6H,1H3,(H,11,13)(H,14,15,16). The Labute approximate surface area is 98.4 Å². The molecular weight excluding hydrogens is 246 g/mol. The fourth-order valence-electron chi connectivity index (χ4n) is 1.10. The van der Waals surface area contributed by atoms with Gasteiger partial charge in [0.1, 0.15) is 12.2 Å². The largest absolute Gasteiger partial charge is 0.325 e. The maximum Gasteiger partial charge on any atom is 0.294 e. The highest BCUT2D eigenvalue weighted by Gasteiger charge is 2.11. The van der Waals surface area contributed by atoms with Crippen LogP contribution in [-0.4, -0.2) is 24.7 Å². The molecule has 0 saturated heterocycles. The molecule has 1 rings (SSSR count). The molecule has 91 valence electrons. The Kier molecular flexibility index (Phi) is 3.97. The Hall–Kier alpha value is -1.73. The molecule has 0 atom stereocenters. The molecule has 0 fully saturated rings. The molecule has 0 aliphatic rings. The molecule has 0 aliphatic heterocycles. The van der Waals surface area contributed by atoms with E-state index in [1.165, 1.54) is 25.1 Å². The fourth-order valence-corrected chi connectivity index (χ4v) is 1.62. The van der Waals surface area contributed by atoms with E-state index in [1.807, 2.05) is 0 Å². The summed E-state index contributed by atoms with van der Waals surface area (Å²) >= 11 is 0. The lowest BCUT2D eigenvalue weighted by atomic mass is 10.2. The third kappa shape index (κ3) is 4.33. The molecule has 0 spiro atoms. The van der Waals surface area contributed by atoms with E-state index in [0.717, 1.165) is 12.5 Å². The van der Waals surface area contributed by atoms with Crippen LogP contribution in [0.2, 0.25) is 0 Å². The molecule has 0 saturated carbocycles. The van der Waals surface area contributed by atoms with Crippen LogP contribution in [0.25, 0.3) is 0 Å². The van der Waals surface area contributed by atoms with Crippen LogP contribution in [0.15, 0.2) is 29.2 Å². The molecule has 0 heterocycles. The Balaban J connectivity index is 2.87. The molecular formula is C10H10NO5S. The zero-order chi connectivity index (χ0) is 13.1. The van der Waals surface area contributed by atoms with Crippen molar-refractivity contribution in [1.29, 1.82) is 0 Å². The molecule has 1 amide bonds. The lowest BCUT2D eigenvalue weighted by Crippen LogP contribution is -2.15. The monoisotopic (exact) mass is 256 g/mol. The van der Waals surface area contributed by atoms with Gasteiger partial charge in [0, 0.05) is 5.69 Å². The van der Waals surface area contributed by atoms with Gasteiger partial charge in [0.05, 0.1) is 4.90 Å². The fraction of sp³-hybridized carbons (Fsp3) is 0.100. The lowest BCUT2D eigenvalue weighted by molar-refractivity contribution is -0.119. The molecule has 17 heavy (non-hydrogen) atoms. The van der Waals surface area contributed by atoms with Crippen LogP contribution in [0.1, 0.15) is 6.92 Å². The minimum atomic E-state index is -4.31. The summed E-state index contributed by atoms with van der Waals surface area (Å²) in [6.45, 7) is 1.22. The second-order valence-electron chi connectivity index (χ2n) is 3.25. The molecule has 2 N–H and O–H groups in total. The number of hydrogen-bond acceptors (Lipinski definition) is 4. The smallest absolute Gasteiger partial charge is 0.294 e. The second kappa shape index (κ2) is 5.07. The zero-order valence-corrected chi connectivity index (χ0v) is 9.69. The first-order chi connectivity index (χ1) is 7.79. The number of hydrogen-bond donors (Lipinski definition) is 2. The summed E-state index contributed by atoms with van der Waals surface area (Å²) < 4.78 is 30.4. The summed E-state index contributed by atoms with van der Waals surface area (Å²) in [4.78, 5) is 21.5. The Morgan fingerprint density at radius 1 is 1.35 bits per heavy atom. The molecule has 0 aliphatic carbocycles. The van der Waals surface area contributed by atoms with Gasteiger partial charge in [-0.1, -0.05) is 6.07 Å². The maximum atomic E-state index is 11.2. The number of rotatable bonds is 4. The van der Waals surface area contributed by atoms with Crippen LogP contribution >= 0.6 is 0 Å². The first-order valence-corrected chi connectivity index (χ1v) is 5.97. The summed E-state index contributed by atoms with van der Waals surface area (Å²) in [5.41, 5.74) is 0.169. The average molecular weight is 256 g/mol. The number of anilines is 1. The predicted octanol–water partition coefficient (Wildman–Crippen LogP) is 0.665. The average Bonchev–Trinajstić information content (AvgIpc) is 2.15. The van der Waals surface area contributed by atoms with Gasteiger partial charge >= 0.3 is 0 Å². The summed E-state index contributed by atoms with van der Waals surface area (Å²) in [6, 6.07) is 5.05. The van der Waals surface area contributed by atoms with Crippen molar-refractivity contribution in [3.05, 3.63) is 30.7 Å². The second-order valence-corrected chi connectivity index (χ2v) is 4.67. The molecule has 7 heteroatoms. The zero-order valence-electron chi connectivity index (χ0n) is 8.88. The third-order valence-corrected chi connectivity index (χ3v) is 2.58. The molecule has 0 bridgehead atoms. The first-order valence-electron chi connectivity index (χ1n) is 4.53. The van der Waals surface area contributed by atoms with Gasteiger partial charge in [0.2, 0.25) is 5.91 Å². The van der Waals surface area contributed by atoms with E-state index < -0.39 is 21.8 Å². The maximum absolute atomic E-state index is 11.2. The van der Waals surface area contributed by atoms with Crippen molar-refractivity contribution >= 4 is 27.5 Å². The minimum Gasteiger partial charge on any atom is -0.325 e. The summed E-state index contributed by atoms with van der Waals surface area (Å²) in [5.74, 6) is -1.08. The molecule has 0 unspecified atom stereocenters. The molecule has 6 nitrogen and oxygen atoms in total. The van der Waals surface area contributed by atoms with Gasteiger partial charge in [0.15, 0.2) is 0 Å². The normalized spacial score (nSPS) is 10.9. The van der Waals surface area contributed by atoms with E-state index in [0.29, 0.717) is 0 Å². The van der Waals surface area contributed by atoms with Crippen molar-refractivity contribution in [2.45, 2.75) is 11.8 Å². The Bertz CT molecular complexity index is 550. The van der Waals surface area contributed by atoms with Crippen molar-refractivity contribution < 1.29 is 22.6 Å². The van der Waals surface area contributed by atoms with Crippen molar-refractivity contribution in [3.63, 3.8) is 0 Å². The molecule has 1 aromatic carbocycles. The van der Waals surface area contributed by atoms with Gasteiger partial charge in [-0.25, -0.2) is 0 Å². The van der Waals surface area contributed by atoms with E-state index in [2.05, 4.69) is 5.32 Å². The molecule has 1 aromatic rings. The number of amides is 1. The van der Waals surface area contributed by atoms with Crippen LogP contribution in [0, 0.1) is 6.42 Å². The third-order valence-electron chi connectivity index (χ3n) is 1.73. The van der Waals surface area contributed by atoms with Crippen LogP contribution in [0.5, 0.6) is 0 Å². The highest BCUT2D eigenvalue weighted by molar-refractivity contribution is 7.85. The minimum absolute atomic E-state index is 0.169. The highest BCUT2D eigenvalue weighted by Crippen LogP contribution is 2.15. The van der Waals surface area contributed by atoms with E-state index in [1.54, 1.807) is 0 Å². The van der Waals surface area contributed by atoms with Crippen molar-refractivity contribution in [2.24, 2.45) is 0 Å². The Morgan fingerprint density at radius 3 is 2.53 bits per heavy atom. The Morgan fingerprint density at radius 2 is 2.00 bits per heavy atom. The van der Waals surface area contributed by atoms with Crippen molar-refractivity contribution in [3.8, 4) is 0 Å². The molecule has 0 aromatic heterocycles. The quantitative estimate of drug-likeness (QED) is 0.609. The number of carbonyl (C=O) groups excluding carboxylic acids is 2. The van der Waals surface area contributed by atoms with Gasteiger partial charge < -0.3 is 5.32 Å². The van der Waals surface area contributed by atoms with E-state index in [4.69, 9.17) is 4.55 Å². The SMILES string of the molecule is CC(=O)[CH]C(=O)Nc1cccc(S(=O)(=O)O)c1. The number of nitrogens with one attached hydrogen (secondary N) is 1. The molecule has 1 radical (unpaired) electrons. The van der Waals surface area contributed by atoms with Gasteiger partial charge in [-0.05, 0) is 25.1 Å². The summed E-state index contributed by atoms with van der Waals surface area (Å²) in [7, 11) is -4.31. The van der Waals surface area contributed by atoms with E-state index >= 15 is 0 Å². The van der Waals surface area contributed by atoms with E-state index in [-0.39, 0.29) is 10.6 Å². The van der Waals surface area contributed by atoms with Gasteiger partial charge in [0.25, 0.3) is 10.1 Å². The van der Waals surface area contributed by atoms with Crippen molar-refractivity contribution in [1.82, 2.24) is 0 Å². The van der Waals surface area contributed by atoms with Crippen LogP contribution in [0.3, 0.4) is 0 Å². The highest BCUT2D eigenvalue weighted by atomic mass is 32.2. The number of carbonyl (C=O) groups is 2. The summed E-state index contributed by atoms with van der Waals surface area (Å²) in [6.07, 6.45) is 0.833. The van der Waals surface area contributed by atoms with E-state index in [9.17, 15) is 18.0 Å². The van der Waals surface area contributed by atoms with Gasteiger partial charge in [-0.2, -0.15) is 8.42 Å². The summed E-state index contributed by atoms with van der Waals surface area (Å²) in [5, 5.41) is 2.29. The topological polar surface area (TPSA) is 101 Å². The number of ketones is 1. The van der Waals surface area contributed by atoms with Crippen molar-refractivity contribution in [2.75, 3.05) is 5.32 Å². The van der Waals surface area contributed by atoms with Gasteiger partial charge in [-0.15, -0.1) is 0 Å². The van der Waals surface area contributed by atoms with Crippen LogP contribution in [0.4, 0.5) is 5.69 Å². The van der Waals surface area contributed by atoms with Crippen LogP contribution in [-0.2, 0) is 19.7 Å². The van der Waals surface area contributed by atoms with Gasteiger partial charge in [-0.3, -0.25) is 14.1 Å². The first kappa shape index (κ1) is 13.3.